The van der Waals surface area contributed by atoms with Gasteiger partial charge in [0.15, 0.2) is 0 Å². The smallest absolute Gasteiger partial charge is 0.116 e. The zero-order chi connectivity index (χ0) is 21.9. The van der Waals surface area contributed by atoms with Crippen LogP contribution in [0.5, 0.6) is 0 Å². The lowest BCUT2D eigenvalue weighted by atomic mass is 10.1. The summed E-state index contributed by atoms with van der Waals surface area (Å²) in [5.41, 5.74) is 8.36. The Hall–Kier alpha value is -1.47. The van der Waals surface area contributed by atoms with Crippen molar-refractivity contribution in [1.82, 2.24) is 0 Å². The molecule has 0 aliphatic rings. The topological polar surface area (TPSA) is 9.23 Å². The van der Waals surface area contributed by atoms with Crippen LogP contribution in [0.15, 0.2) is 54.6 Å². The molecule has 3 aromatic rings. The van der Waals surface area contributed by atoms with Crippen LogP contribution in [0.25, 0.3) is 0 Å². The first-order valence-corrected chi connectivity index (χ1v) is 13.0. The number of hydrogen-bond acceptors (Lipinski definition) is 1. The summed E-state index contributed by atoms with van der Waals surface area (Å²) < 4.78 is 6.02. The number of rotatable bonds is 7. The lowest BCUT2D eigenvalue weighted by Gasteiger charge is -2.34. The minimum atomic E-state index is -1.93. The predicted octanol–water partition coefficient (Wildman–Crippen LogP) is 2.87. The van der Waals surface area contributed by atoms with Gasteiger partial charge in [0.25, 0.3) is 0 Å². The molecule has 0 unspecified atom stereocenters. The lowest BCUT2D eigenvalue weighted by molar-refractivity contribution is -0.00000730. The van der Waals surface area contributed by atoms with Gasteiger partial charge in [-0.2, -0.15) is 0 Å². The van der Waals surface area contributed by atoms with Crippen LogP contribution in [-0.4, -0.2) is 19.4 Å². The first-order chi connectivity index (χ1) is 14.3. The van der Waals surface area contributed by atoms with Crippen LogP contribution >= 0.6 is 7.26 Å². The fraction of sp³-hybridized carbons (Fsp3) is 0.357. The van der Waals surface area contributed by atoms with Gasteiger partial charge < -0.3 is 21.7 Å². The van der Waals surface area contributed by atoms with Gasteiger partial charge in [-0.15, -0.1) is 0 Å². The summed E-state index contributed by atoms with van der Waals surface area (Å²) >= 11 is 0. The molecule has 0 fully saturated rings. The molecule has 166 valence electrons. The van der Waals surface area contributed by atoms with Crippen LogP contribution < -0.4 is 32.9 Å². The molecule has 31 heavy (non-hydrogen) atoms. The number of hydrogen-bond donors (Lipinski definition) is 0. The van der Waals surface area contributed by atoms with E-state index in [0.717, 1.165) is 19.4 Å². The monoisotopic (exact) mass is 498 g/mol. The molecule has 0 aromatic heterocycles. The van der Waals surface area contributed by atoms with E-state index in [1.807, 2.05) is 0 Å². The van der Waals surface area contributed by atoms with Gasteiger partial charge in [-0.05, 0) is 81.8 Å². The summed E-state index contributed by atoms with van der Waals surface area (Å²) in [5.74, 6) is 0. The second-order valence-electron chi connectivity index (χ2n) is 8.45. The van der Waals surface area contributed by atoms with Crippen molar-refractivity contribution in [2.45, 2.75) is 48.5 Å². The number of ether oxygens (including phenoxy) is 1. The predicted molar refractivity (Wildman–Crippen MR) is 135 cm³/mol. The van der Waals surface area contributed by atoms with E-state index in [4.69, 9.17) is 4.74 Å². The Balaban J connectivity index is 0.00000341. The molecule has 3 rings (SSSR count). The molecule has 3 heteroatoms. The Morgan fingerprint density at radius 3 is 1.13 bits per heavy atom. The lowest BCUT2D eigenvalue weighted by Crippen LogP contribution is -3.00. The van der Waals surface area contributed by atoms with Gasteiger partial charge in [-0.3, -0.25) is 0 Å². The second-order valence-corrected chi connectivity index (χ2v) is 11.9. The highest BCUT2D eigenvalue weighted by Gasteiger charge is 2.50. The van der Waals surface area contributed by atoms with E-state index in [-0.39, 0.29) is 17.0 Å². The van der Waals surface area contributed by atoms with Gasteiger partial charge in [-0.25, -0.2) is 0 Å². The molecule has 0 N–H and O–H groups in total. The van der Waals surface area contributed by atoms with Crippen molar-refractivity contribution in [3.63, 3.8) is 0 Å². The Bertz CT molecular complexity index is 855. The summed E-state index contributed by atoms with van der Waals surface area (Å²) in [7, 11) is -1.93. The Labute approximate surface area is 200 Å². The van der Waals surface area contributed by atoms with Gasteiger partial charge in [0, 0.05) is 6.61 Å². The summed E-state index contributed by atoms with van der Waals surface area (Å²) in [6, 6.07) is 20.3. The van der Waals surface area contributed by atoms with Crippen molar-refractivity contribution in [2.24, 2.45) is 0 Å². The van der Waals surface area contributed by atoms with Crippen molar-refractivity contribution in [2.75, 3.05) is 19.4 Å². The van der Waals surface area contributed by atoms with E-state index in [1.165, 1.54) is 33.4 Å². The highest BCUT2D eigenvalue weighted by molar-refractivity contribution is 7.96. The normalized spacial score (nSPS) is 11.3. The van der Waals surface area contributed by atoms with Crippen molar-refractivity contribution >= 4 is 23.2 Å². The molecule has 0 atom stereocenters. The van der Waals surface area contributed by atoms with E-state index in [0.29, 0.717) is 0 Å². The van der Waals surface area contributed by atoms with E-state index in [1.54, 1.807) is 15.9 Å². The Morgan fingerprint density at radius 1 is 0.581 bits per heavy atom. The third kappa shape index (κ3) is 4.82. The zero-order valence-corrected chi connectivity index (χ0v) is 22.5. The fourth-order valence-corrected chi connectivity index (χ4v) is 11.0. The van der Waals surface area contributed by atoms with Gasteiger partial charge in [0.2, 0.25) is 0 Å². The summed E-state index contributed by atoms with van der Waals surface area (Å²) in [6.07, 6.45) is 1.03. The average Bonchev–Trinajstić information content (AvgIpc) is 2.67. The Morgan fingerprint density at radius 2 is 0.871 bits per heavy atom. The third-order valence-electron chi connectivity index (χ3n) is 6.24. The van der Waals surface area contributed by atoms with Crippen LogP contribution in [0.2, 0.25) is 0 Å². The zero-order valence-electron chi connectivity index (χ0n) is 20.1. The molecule has 0 heterocycles. The maximum absolute atomic E-state index is 6.02. The van der Waals surface area contributed by atoms with E-state index < -0.39 is 7.26 Å². The maximum atomic E-state index is 6.02. The van der Waals surface area contributed by atoms with E-state index in [9.17, 15) is 0 Å². The number of benzene rings is 3. The SMILES string of the molecule is CCOCC[P+](c1c(C)cccc1C)(c1c(C)cccc1C)c1c(C)cccc1C.[Br-]. The molecule has 1 nitrogen and oxygen atoms in total. The van der Waals surface area contributed by atoms with Crippen molar-refractivity contribution in [3.8, 4) is 0 Å². The van der Waals surface area contributed by atoms with E-state index in [2.05, 4.69) is 103 Å². The minimum Gasteiger partial charge on any atom is -1.00 e. The van der Waals surface area contributed by atoms with Crippen LogP contribution in [0, 0.1) is 41.5 Å². The summed E-state index contributed by atoms with van der Waals surface area (Å²) in [4.78, 5) is 0. The van der Waals surface area contributed by atoms with Gasteiger partial charge in [0.05, 0.1) is 12.8 Å². The molecule has 0 aliphatic heterocycles. The molecule has 3 aromatic carbocycles. The largest absolute Gasteiger partial charge is 1.00 e. The van der Waals surface area contributed by atoms with Gasteiger partial charge in [0.1, 0.15) is 23.2 Å². The standard InChI is InChI=1S/C28H36OP.BrH/c1-8-29-18-19-30(26-20(2)12-9-13-21(26)3,27-22(4)14-10-15-23(27)5)28-24(6)16-11-17-25(28)7;/h9-17H,8,18-19H2,1-7H3;1H/q+1;/p-1. The molecule has 0 bridgehead atoms. The molecule has 0 spiro atoms. The van der Waals surface area contributed by atoms with Crippen LogP contribution in [0.1, 0.15) is 40.3 Å². The third-order valence-corrected chi connectivity index (χ3v) is 11.5. The highest BCUT2D eigenvalue weighted by atomic mass is 79.9. The molecular formula is C28H36BrOP. The van der Waals surface area contributed by atoms with Crippen molar-refractivity contribution in [1.29, 1.82) is 0 Å². The van der Waals surface area contributed by atoms with Crippen LogP contribution in [-0.2, 0) is 4.74 Å². The van der Waals surface area contributed by atoms with Crippen molar-refractivity contribution in [3.05, 3.63) is 88.0 Å². The minimum absolute atomic E-state index is 0. The first kappa shape index (κ1) is 25.8. The molecule has 0 aliphatic carbocycles. The highest BCUT2D eigenvalue weighted by Crippen LogP contribution is 2.59. The quantitative estimate of drug-likeness (QED) is 0.359. The van der Waals surface area contributed by atoms with Gasteiger partial charge >= 0.3 is 0 Å². The maximum Gasteiger partial charge on any atom is 0.116 e. The molecular weight excluding hydrogens is 463 g/mol. The van der Waals surface area contributed by atoms with Crippen molar-refractivity contribution < 1.29 is 21.7 Å². The number of aryl methyl sites for hydroxylation is 6. The second kappa shape index (κ2) is 10.9. The van der Waals surface area contributed by atoms with Crippen LogP contribution in [0.3, 0.4) is 0 Å². The molecule has 0 amide bonds. The molecule has 0 radical (unpaired) electrons. The van der Waals surface area contributed by atoms with E-state index >= 15 is 0 Å². The molecule has 0 saturated carbocycles. The number of halogens is 1. The Kier molecular flexibility index (Phi) is 9.07. The first-order valence-electron chi connectivity index (χ1n) is 11.0. The average molecular weight is 499 g/mol. The molecule has 0 saturated heterocycles. The van der Waals surface area contributed by atoms with Gasteiger partial charge in [-0.1, -0.05) is 54.6 Å². The summed E-state index contributed by atoms with van der Waals surface area (Å²) in [6.45, 7) is 17.4. The summed E-state index contributed by atoms with van der Waals surface area (Å²) in [5, 5.41) is 4.62. The fourth-order valence-electron chi connectivity index (χ4n) is 5.24. The van der Waals surface area contributed by atoms with Crippen LogP contribution in [0.4, 0.5) is 0 Å².